The molecule has 0 saturated carbocycles. The second-order valence-electron chi connectivity index (χ2n) is 5.73. The van der Waals surface area contributed by atoms with Crippen LogP contribution in [0.3, 0.4) is 0 Å². The van der Waals surface area contributed by atoms with E-state index in [1.807, 2.05) is 39.8 Å². The van der Waals surface area contributed by atoms with Crippen LogP contribution < -0.4 is 5.32 Å². The van der Waals surface area contributed by atoms with Crippen molar-refractivity contribution in [2.24, 2.45) is 0 Å². The van der Waals surface area contributed by atoms with Gasteiger partial charge in [-0.2, -0.15) is 0 Å². The molecule has 0 fully saturated rings. The molecule has 0 spiro atoms. The molecule has 2 aromatic rings. The van der Waals surface area contributed by atoms with Crippen LogP contribution in [0, 0.1) is 0 Å². The van der Waals surface area contributed by atoms with Crippen LogP contribution in [-0.4, -0.2) is 26.1 Å². The third-order valence-electron chi connectivity index (χ3n) is 2.95. The fraction of sp³-hybridized carbons (Fsp3) is 0.429. The molecule has 0 bridgehead atoms. The molecule has 0 aliphatic carbocycles. The van der Waals surface area contributed by atoms with Crippen molar-refractivity contribution in [3.05, 3.63) is 41.7 Å². The summed E-state index contributed by atoms with van der Waals surface area (Å²) in [4.78, 5) is 20.3. The molecule has 20 heavy (non-hydrogen) atoms. The fourth-order valence-electron chi connectivity index (χ4n) is 1.70. The van der Waals surface area contributed by atoms with Gasteiger partial charge in [0.15, 0.2) is 0 Å². The number of amides is 1. The highest BCUT2D eigenvalue weighted by Crippen LogP contribution is 2.17. The lowest BCUT2D eigenvalue weighted by molar-refractivity contribution is 0.0929. The lowest BCUT2D eigenvalue weighted by Gasteiger charge is -2.13. The minimum absolute atomic E-state index is 0.123. The molecule has 0 radical (unpaired) electrons. The summed E-state index contributed by atoms with van der Waals surface area (Å²) >= 11 is 0. The number of aromatic amines is 1. The summed E-state index contributed by atoms with van der Waals surface area (Å²) in [7, 11) is 0. The first-order valence-electron chi connectivity index (χ1n) is 6.51. The molecule has 1 unspecified atom stereocenters. The number of rotatable bonds is 3. The molecule has 1 amide bonds. The predicted octanol–water partition coefficient (Wildman–Crippen LogP) is 1.99. The third kappa shape index (κ3) is 3.20. The Bertz CT molecular complexity index is 585. The number of aromatic nitrogens is 4. The Morgan fingerprint density at radius 3 is 2.50 bits per heavy atom. The van der Waals surface area contributed by atoms with Crippen molar-refractivity contribution >= 4 is 5.91 Å². The smallest absolute Gasteiger partial charge is 0.291 e. The first-order valence-corrected chi connectivity index (χ1v) is 6.51. The molecule has 0 aliphatic heterocycles. The first kappa shape index (κ1) is 14.2. The maximum atomic E-state index is 12.1. The van der Waals surface area contributed by atoms with E-state index in [9.17, 15) is 4.79 Å². The Kier molecular flexibility index (Phi) is 3.83. The normalized spacial score (nSPS) is 13.0. The van der Waals surface area contributed by atoms with E-state index in [2.05, 4.69) is 25.5 Å². The Morgan fingerprint density at radius 1 is 1.30 bits per heavy atom. The number of hydrogen-bond donors (Lipinski definition) is 2. The number of hydrogen-bond acceptors (Lipinski definition) is 4. The SMILES string of the molecule is CC(NC(=O)c1n[nH]c(C(C)(C)C)n1)c1ccncc1. The average Bonchev–Trinajstić information content (AvgIpc) is 2.89. The van der Waals surface area contributed by atoms with Gasteiger partial charge in [-0.05, 0) is 24.6 Å². The second kappa shape index (κ2) is 5.40. The molecule has 0 aromatic carbocycles. The minimum atomic E-state index is -0.291. The van der Waals surface area contributed by atoms with Gasteiger partial charge in [-0.1, -0.05) is 20.8 Å². The zero-order valence-corrected chi connectivity index (χ0v) is 12.1. The Hall–Kier alpha value is -2.24. The molecule has 2 aromatic heterocycles. The summed E-state index contributed by atoms with van der Waals surface area (Å²) in [5.74, 6) is 0.566. The van der Waals surface area contributed by atoms with Gasteiger partial charge < -0.3 is 5.32 Å². The van der Waals surface area contributed by atoms with Crippen molar-refractivity contribution in [1.29, 1.82) is 0 Å². The Morgan fingerprint density at radius 2 is 1.95 bits per heavy atom. The molecule has 6 nitrogen and oxygen atoms in total. The predicted molar refractivity (Wildman–Crippen MR) is 75.2 cm³/mol. The first-order chi connectivity index (χ1) is 9.38. The number of carbonyl (C=O) groups is 1. The zero-order chi connectivity index (χ0) is 14.8. The van der Waals surface area contributed by atoms with Crippen LogP contribution in [0.1, 0.15) is 55.7 Å². The highest BCUT2D eigenvalue weighted by atomic mass is 16.2. The van der Waals surface area contributed by atoms with Gasteiger partial charge in [0.1, 0.15) is 5.82 Å². The van der Waals surface area contributed by atoms with E-state index in [-0.39, 0.29) is 23.2 Å². The number of pyridine rings is 1. The molecule has 2 N–H and O–H groups in total. The van der Waals surface area contributed by atoms with Crippen LogP contribution in [0.4, 0.5) is 0 Å². The average molecular weight is 273 g/mol. The summed E-state index contributed by atoms with van der Waals surface area (Å²) in [6.45, 7) is 7.93. The van der Waals surface area contributed by atoms with Crippen molar-refractivity contribution in [2.75, 3.05) is 0 Å². The van der Waals surface area contributed by atoms with E-state index in [0.29, 0.717) is 5.82 Å². The standard InChI is InChI=1S/C14H19N5O/c1-9(10-5-7-15-8-6-10)16-12(20)11-17-13(19-18-11)14(2,3)4/h5-9H,1-4H3,(H,16,20)(H,17,18,19). The monoisotopic (exact) mass is 273 g/mol. The maximum Gasteiger partial charge on any atom is 0.291 e. The zero-order valence-electron chi connectivity index (χ0n) is 12.1. The largest absolute Gasteiger partial charge is 0.343 e. The lowest BCUT2D eigenvalue weighted by Crippen LogP contribution is -2.27. The van der Waals surface area contributed by atoms with Crippen molar-refractivity contribution in [3.63, 3.8) is 0 Å². The van der Waals surface area contributed by atoms with Crippen LogP contribution in [0.15, 0.2) is 24.5 Å². The third-order valence-corrected chi connectivity index (χ3v) is 2.95. The van der Waals surface area contributed by atoms with Crippen molar-refractivity contribution in [3.8, 4) is 0 Å². The van der Waals surface area contributed by atoms with E-state index in [0.717, 1.165) is 5.56 Å². The second-order valence-corrected chi connectivity index (χ2v) is 5.73. The number of H-pyrrole nitrogens is 1. The molecular weight excluding hydrogens is 254 g/mol. The van der Waals surface area contributed by atoms with Crippen LogP contribution in [0.5, 0.6) is 0 Å². The Labute approximate surface area is 118 Å². The van der Waals surface area contributed by atoms with E-state index in [1.165, 1.54) is 0 Å². The van der Waals surface area contributed by atoms with Gasteiger partial charge in [0.05, 0.1) is 6.04 Å². The number of carbonyl (C=O) groups excluding carboxylic acids is 1. The van der Waals surface area contributed by atoms with Crippen LogP contribution in [-0.2, 0) is 5.41 Å². The summed E-state index contributed by atoms with van der Waals surface area (Å²) in [5, 5.41) is 9.64. The molecule has 6 heteroatoms. The van der Waals surface area contributed by atoms with E-state index in [4.69, 9.17) is 0 Å². The molecule has 2 heterocycles. The highest BCUT2D eigenvalue weighted by molar-refractivity contribution is 5.90. The van der Waals surface area contributed by atoms with Crippen LogP contribution >= 0.6 is 0 Å². The van der Waals surface area contributed by atoms with Gasteiger partial charge >= 0.3 is 0 Å². The number of nitrogens with zero attached hydrogens (tertiary/aromatic N) is 3. The Balaban J connectivity index is 2.07. The highest BCUT2D eigenvalue weighted by Gasteiger charge is 2.22. The summed E-state index contributed by atoms with van der Waals surface area (Å²) in [6, 6.07) is 3.61. The van der Waals surface area contributed by atoms with E-state index < -0.39 is 0 Å². The van der Waals surface area contributed by atoms with E-state index >= 15 is 0 Å². The summed E-state index contributed by atoms with van der Waals surface area (Å²) in [5.41, 5.74) is 0.822. The van der Waals surface area contributed by atoms with Gasteiger partial charge in [-0.3, -0.25) is 14.9 Å². The molecule has 2 rings (SSSR count). The fourth-order valence-corrected chi connectivity index (χ4v) is 1.70. The van der Waals surface area contributed by atoms with Gasteiger partial charge in [0, 0.05) is 17.8 Å². The van der Waals surface area contributed by atoms with Gasteiger partial charge in [-0.25, -0.2) is 4.98 Å². The maximum absolute atomic E-state index is 12.1. The van der Waals surface area contributed by atoms with Gasteiger partial charge in [0.2, 0.25) is 5.82 Å². The molecular formula is C14H19N5O. The van der Waals surface area contributed by atoms with Gasteiger partial charge in [0.25, 0.3) is 5.91 Å². The van der Waals surface area contributed by atoms with Crippen molar-refractivity contribution < 1.29 is 4.79 Å². The quantitative estimate of drug-likeness (QED) is 0.895. The summed E-state index contributed by atoms with van der Waals surface area (Å²) in [6.07, 6.45) is 3.39. The molecule has 106 valence electrons. The molecule has 0 saturated heterocycles. The molecule has 1 atom stereocenters. The van der Waals surface area contributed by atoms with Gasteiger partial charge in [-0.15, -0.1) is 5.10 Å². The lowest BCUT2D eigenvalue weighted by atomic mass is 9.96. The molecule has 0 aliphatic rings. The van der Waals surface area contributed by atoms with Crippen molar-refractivity contribution in [2.45, 2.75) is 39.2 Å². The van der Waals surface area contributed by atoms with Crippen LogP contribution in [0.2, 0.25) is 0 Å². The topological polar surface area (TPSA) is 83.6 Å². The minimum Gasteiger partial charge on any atom is -0.343 e. The number of nitrogens with one attached hydrogen (secondary N) is 2. The van der Waals surface area contributed by atoms with Crippen molar-refractivity contribution in [1.82, 2.24) is 25.5 Å². The van der Waals surface area contributed by atoms with E-state index in [1.54, 1.807) is 12.4 Å². The van der Waals surface area contributed by atoms with Crippen LogP contribution in [0.25, 0.3) is 0 Å². The summed E-state index contributed by atoms with van der Waals surface area (Å²) < 4.78 is 0.